The summed E-state index contributed by atoms with van der Waals surface area (Å²) in [5.74, 6) is -0.239. The van der Waals surface area contributed by atoms with Crippen molar-refractivity contribution in [2.24, 2.45) is 10.7 Å². The van der Waals surface area contributed by atoms with E-state index in [-0.39, 0.29) is 5.96 Å². The molecule has 28 heavy (non-hydrogen) atoms. The number of nitrogens with two attached hydrogens (primary N) is 1. The van der Waals surface area contributed by atoms with Gasteiger partial charge in [0, 0.05) is 30.1 Å². The highest BCUT2D eigenvalue weighted by Crippen LogP contribution is 2.40. The number of hydrogen-bond donors (Lipinski definition) is 2. The predicted molar refractivity (Wildman–Crippen MR) is 103 cm³/mol. The normalized spacial score (nSPS) is 21.2. The van der Waals surface area contributed by atoms with Crippen molar-refractivity contribution >= 4 is 12.2 Å². The van der Waals surface area contributed by atoms with Gasteiger partial charge in [-0.1, -0.05) is 18.2 Å². The van der Waals surface area contributed by atoms with Crippen molar-refractivity contribution in [3.05, 3.63) is 72.1 Å². The Morgan fingerprint density at radius 2 is 2.11 bits per heavy atom. The van der Waals surface area contributed by atoms with E-state index < -0.39 is 17.4 Å². The zero-order valence-electron chi connectivity index (χ0n) is 15.2. The SMILES string of the molecule is CCn1cc(C2(c3cccc(-c4cncc(F)c4)c3)N=C(N)NC2C=O)cn1. The predicted octanol–water partition coefficient (Wildman–Crippen LogP) is 1.83. The topological polar surface area (TPSA) is 98.2 Å². The summed E-state index contributed by atoms with van der Waals surface area (Å²) in [6.45, 7) is 2.66. The highest BCUT2D eigenvalue weighted by Gasteiger charge is 2.47. The number of guanidine groups is 1. The van der Waals surface area contributed by atoms with Crippen LogP contribution in [0, 0.1) is 5.82 Å². The molecule has 0 fully saturated rings. The number of aromatic nitrogens is 3. The minimum Gasteiger partial charge on any atom is -0.370 e. The smallest absolute Gasteiger partial charge is 0.190 e. The number of rotatable bonds is 5. The van der Waals surface area contributed by atoms with E-state index in [4.69, 9.17) is 5.73 Å². The molecule has 0 radical (unpaired) electrons. The second kappa shape index (κ2) is 6.88. The molecule has 4 rings (SSSR count). The quantitative estimate of drug-likeness (QED) is 0.660. The maximum Gasteiger partial charge on any atom is 0.190 e. The molecule has 0 spiro atoms. The molecule has 3 N–H and O–H groups in total. The van der Waals surface area contributed by atoms with Crippen LogP contribution in [0.15, 0.2) is 60.1 Å². The van der Waals surface area contributed by atoms with Gasteiger partial charge in [0.25, 0.3) is 0 Å². The van der Waals surface area contributed by atoms with Crippen LogP contribution in [-0.2, 0) is 16.9 Å². The molecule has 7 nitrogen and oxygen atoms in total. The summed E-state index contributed by atoms with van der Waals surface area (Å²) in [6.07, 6.45) is 7.09. The first kappa shape index (κ1) is 17.8. The lowest BCUT2D eigenvalue weighted by Crippen LogP contribution is -2.45. The van der Waals surface area contributed by atoms with Gasteiger partial charge in [-0.3, -0.25) is 9.67 Å². The van der Waals surface area contributed by atoms with Gasteiger partial charge in [0.15, 0.2) is 5.96 Å². The van der Waals surface area contributed by atoms with Crippen molar-refractivity contribution in [2.45, 2.75) is 25.0 Å². The Morgan fingerprint density at radius 1 is 1.25 bits per heavy atom. The lowest BCUT2D eigenvalue weighted by Gasteiger charge is -2.29. The van der Waals surface area contributed by atoms with Gasteiger partial charge >= 0.3 is 0 Å². The molecule has 0 saturated carbocycles. The van der Waals surface area contributed by atoms with Crippen molar-refractivity contribution in [3.8, 4) is 11.1 Å². The monoisotopic (exact) mass is 378 g/mol. The third kappa shape index (κ3) is 2.83. The summed E-state index contributed by atoms with van der Waals surface area (Å²) in [5.41, 5.74) is 7.78. The van der Waals surface area contributed by atoms with E-state index in [9.17, 15) is 9.18 Å². The van der Waals surface area contributed by atoms with E-state index in [1.165, 1.54) is 6.07 Å². The van der Waals surface area contributed by atoms with Gasteiger partial charge in [-0.25, -0.2) is 9.38 Å². The molecule has 142 valence electrons. The summed E-state index contributed by atoms with van der Waals surface area (Å²) < 4.78 is 15.4. The molecule has 2 atom stereocenters. The van der Waals surface area contributed by atoms with Crippen LogP contribution in [0.4, 0.5) is 4.39 Å². The molecule has 2 unspecified atom stereocenters. The van der Waals surface area contributed by atoms with E-state index >= 15 is 0 Å². The number of aliphatic imine (C=N–C) groups is 1. The first-order valence-electron chi connectivity index (χ1n) is 8.88. The highest BCUT2D eigenvalue weighted by molar-refractivity contribution is 5.87. The van der Waals surface area contributed by atoms with Gasteiger partial charge in [0.1, 0.15) is 23.7 Å². The van der Waals surface area contributed by atoms with E-state index in [1.807, 2.05) is 37.4 Å². The molecular weight excluding hydrogens is 359 g/mol. The fraction of sp³-hybridized carbons (Fsp3) is 0.200. The van der Waals surface area contributed by atoms with Crippen LogP contribution in [0.1, 0.15) is 18.1 Å². The number of nitrogens with zero attached hydrogens (tertiary/aromatic N) is 4. The van der Waals surface area contributed by atoms with Crippen LogP contribution < -0.4 is 11.1 Å². The molecule has 1 aliphatic rings. The van der Waals surface area contributed by atoms with Crippen LogP contribution in [0.3, 0.4) is 0 Å². The summed E-state index contributed by atoms with van der Waals surface area (Å²) in [5, 5.41) is 7.28. The first-order valence-corrected chi connectivity index (χ1v) is 8.88. The Kier molecular flexibility index (Phi) is 4.38. The van der Waals surface area contributed by atoms with Crippen molar-refractivity contribution in [3.63, 3.8) is 0 Å². The third-order valence-corrected chi connectivity index (χ3v) is 4.92. The van der Waals surface area contributed by atoms with Gasteiger partial charge in [0.2, 0.25) is 0 Å². The average molecular weight is 378 g/mol. The van der Waals surface area contributed by atoms with Crippen LogP contribution in [0.2, 0.25) is 0 Å². The van der Waals surface area contributed by atoms with Crippen LogP contribution in [-0.4, -0.2) is 33.1 Å². The lowest BCUT2D eigenvalue weighted by molar-refractivity contribution is -0.110. The zero-order chi connectivity index (χ0) is 19.7. The Labute approximate surface area is 161 Å². The summed E-state index contributed by atoms with van der Waals surface area (Å²) in [4.78, 5) is 20.5. The number of carbonyl (C=O) groups excluding carboxylic acids is 1. The number of halogens is 1. The summed E-state index contributed by atoms with van der Waals surface area (Å²) >= 11 is 0. The molecule has 1 aromatic carbocycles. The Balaban J connectivity index is 1.91. The molecule has 0 saturated heterocycles. The molecule has 0 aliphatic carbocycles. The number of pyridine rings is 1. The number of aryl methyl sites for hydroxylation is 1. The van der Waals surface area contributed by atoms with E-state index in [2.05, 4.69) is 20.4 Å². The molecule has 2 aromatic heterocycles. The van der Waals surface area contributed by atoms with Crippen molar-refractivity contribution in [1.82, 2.24) is 20.1 Å². The molecule has 0 amide bonds. The minimum absolute atomic E-state index is 0.180. The van der Waals surface area contributed by atoms with Crippen molar-refractivity contribution in [1.29, 1.82) is 0 Å². The molecule has 0 bridgehead atoms. The fourth-order valence-corrected chi connectivity index (χ4v) is 3.58. The highest BCUT2D eigenvalue weighted by atomic mass is 19.1. The largest absolute Gasteiger partial charge is 0.370 e. The molecule has 1 aliphatic heterocycles. The number of aldehydes is 1. The second-order valence-electron chi connectivity index (χ2n) is 6.58. The van der Waals surface area contributed by atoms with E-state index in [1.54, 1.807) is 17.1 Å². The number of hydrogen-bond acceptors (Lipinski definition) is 6. The standard InChI is InChI=1S/C20H19FN6O/c1-2-27-11-16(9-24-27)20(18(12-28)25-19(22)26-20)15-5-3-4-13(6-15)14-7-17(21)10-23-8-14/h3-12,18H,2H2,1H3,(H3,22,25,26). The van der Waals surface area contributed by atoms with Crippen LogP contribution in [0.5, 0.6) is 0 Å². The second-order valence-corrected chi connectivity index (χ2v) is 6.58. The average Bonchev–Trinajstić information content (AvgIpc) is 3.33. The van der Waals surface area contributed by atoms with Crippen LogP contribution in [0.25, 0.3) is 11.1 Å². The number of benzene rings is 1. The first-order chi connectivity index (χ1) is 13.6. The van der Waals surface area contributed by atoms with Gasteiger partial charge in [-0.2, -0.15) is 5.10 Å². The zero-order valence-corrected chi connectivity index (χ0v) is 15.2. The Hall–Kier alpha value is -3.55. The number of nitrogens with one attached hydrogen (secondary N) is 1. The third-order valence-electron chi connectivity index (χ3n) is 4.92. The van der Waals surface area contributed by atoms with Crippen molar-refractivity contribution < 1.29 is 9.18 Å². The van der Waals surface area contributed by atoms with Gasteiger partial charge in [-0.15, -0.1) is 0 Å². The van der Waals surface area contributed by atoms with Gasteiger partial charge < -0.3 is 15.8 Å². The maximum absolute atomic E-state index is 13.6. The molecule has 3 aromatic rings. The molecular formula is C20H19FN6O. The Bertz CT molecular complexity index is 1060. The van der Waals surface area contributed by atoms with Gasteiger partial charge in [-0.05, 0) is 30.2 Å². The number of carbonyl (C=O) groups is 1. The summed E-state index contributed by atoms with van der Waals surface area (Å²) in [6, 6.07) is 8.17. The maximum atomic E-state index is 13.6. The van der Waals surface area contributed by atoms with E-state index in [0.717, 1.165) is 29.2 Å². The summed E-state index contributed by atoms with van der Waals surface area (Å²) in [7, 11) is 0. The van der Waals surface area contributed by atoms with Crippen LogP contribution >= 0.6 is 0 Å². The Morgan fingerprint density at radius 3 is 2.82 bits per heavy atom. The van der Waals surface area contributed by atoms with Gasteiger partial charge in [0.05, 0.1) is 12.4 Å². The van der Waals surface area contributed by atoms with Crippen molar-refractivity contribution in [2.75, 3.05) is 0 Å². The molecule has 3 heterocycles. The van der Waals surface area contributed by atoms with E-state index in [0.29, 0.717) is 12.1 Å². The molecule has 8 heteroatoms. The minimum atomic E-state index is -1.06. The fourth-order valence-electron chi connectivity index (χ4n) is 3.58. The lowest BCUT2D eigenvalue weighted by atomic mass is 9.79.